The van der Waals surface area contributed by atoms with Gasteiger partial charge >= 0.3 is 0 Å². The largest absolute Gasteiger partial charge is 0.411 e. The van der Waals surface area contributed by atoms with E-state index in [-0.39, 0.29) is 0 Å². The van der Waals surface area contributed by atoms with Crippen molar-refractivity contribution < 1.29 is 5.21 Å². The molecule has 0 fully saturated rings. The minimum absolute atomic E-state index is 0.738. The molecule has 1 aromatic carbocycles. The van der Waals surface area contributed by atoms with Gasteiger partial charge in [0.05, 0.1) is 29.5 Å². The summed E-state index contributed by atoms with van der Waals surface area (Å²) in [5, 5.41) is 16.2. The lowest BCUT2D eigenvalue weighted by Gasteiger charge is -2.12. The molecule has 0 saturated carbocycles. The van der Waals surface area contributed by atoms with Gasteiger partial charge in [-0.3, -0.25) is 14.4 Å². The van der Waals surface area contributed by atoms with Crippen LogP contribution in [0.25, 0.3) is 22.7 Å². The first-order valence-electron chi connectivity index (χ1n) is 10.3. The van der Waals surface area contributed by atoms with Crippen molar-refractivity contribution in [3.63, 3.8) is 0 Å². The molecular formula is C24H19N7O. The fraction of sp³-hybridized carbons (Fsp3) is 0.0833. The van der Waals surface area contributed by atoms with E-state index in [1.165, 1.54) is 5.56 Å². The van der Waals surface area contributed by atoms with Crippen molar-refractivity contribution in [1.29, 1.82) is 0 Å². The summed E-state index contributed by atoms with van der Waals surface area (Å²) in [5.41, 5.74) is 7.32. The van der Waals surface area contributed by atoms with Crippen molar-refractivity contribution in [1.82, 2.24) is 23.9 Å². The number of pyridine rings is 1. The predicted molar refractivity (Wildman–Crippen MR) is 122 cm³/mol. The Morgan fingerprint density at radius 3 is 2.78 bits per heavy atom. The molecule has 0 radical (unpaired) electrons. The first-order valence-corrected chi connectivity index (χ1v) is 10.3. The lowest BCUT2D eigenvalue weighted by atomic mass is 10.1. The SMILES string of the molecule is ON=C1CCc2cc(Nc3c(-c4cccn4-c4cccnc4)nc4cnccn34)ccc21. The lowest BCUT2D eigenvalue weighted by molar-refractivity contribution is 0.318. The van der Waals surface area contributed by atoms with Gasteiger partial charge in [-0.15, -0.1) is 0 Å². The van der Waals surface area contributed by atoms with Gasteiger partial charge in [0, 0.05) is 36.0 Å². The van der Waals surface area contributed by atoms with Crippen molar-refractivity contribution in [2.75, 3.05) is 5.32 Å². The first-order chi connectivity index (χ1) is 15.8. The summed E-state index contributed by atoms with van der Waals surface area (Å²) in [6.45, 7) is 0. The molecule has 0 unspecified atom stereocenters. The number of benzene rings is 1. The quantitative estimate of drug-likeness (QED) is 0.330. The highest BCUT2D eigenvalue weighted by molar-refractivity contribution is 6.04. The number of imidazole rings is 1. The highest BCUT2D eigenvalue weighted by Gasteiger charge is 2.21. The average Bonchev–Trinajstić information content (AvgIpc) is 3.56. The summed E-state index contributed by atoms with van der Waals surface area (Å²) in [6.07, 6.45) is 12.6. The third kappa shape index (κ3) is 2.92. The van der Waals surface area contributed by atoms with Crippen molar-refractivity contribution in [2.24, 2.45) is 5.16 Å². The number of aromatic nitrogens is 5. The fourth-order valence-corrected chi connectivity index (χ4v) is 4.29. The van der Waals surface area contributed by atoms with E-state index in [9.17, 15) is 5.21 Å². The van der Waals surface area contributed by atoms with E-state index in [1.807, 2.05) is 59.4 Å². The van der Waals surface area contributed by atoms with Crippen LogP contribution >= 0.6 is 0 Å². The Bertz CT molecular complexity index is 1470. The monoisotopic (exact) mass is 421 g/mol. The van der Waals surface area contributed by atoms with Crippen molar-refractivity contribution in [3.8, 4) is 17.1 Å². The molecule has 1 aliphatic carbocycles. The van der Waals surface area contributed by atoms with Crippen molar-refractivity contribution >= 4 is 22.9 Å². The summed E-state index contributed by atoms with van der Waals surface area (Å²) in [6, 6.07) is 14.1. The van der Waals surface area contributed by atoms with Crippen molar-refractivity contribution in [2.45, 2.75) is 12.8 Å². The Morgan fingerprint density at radius 1 is 0.969 bits per heavy atom. The molecule has 6 rings (SSSR count). The lowest BCUT2D eigenvalue weighted by Crippen LogP contribution is -2.01. The number of hydrogen-bond acceptors (Lipinski definition) is 6. The van der Waals surface area contributed by atoms with Crippen LogP contribution in [0.5, 0.6) is 0 Å². The predicted octanol–water partition coefficient (Wildman–Crippen LogP) is 4.45. The molecule has 0 amide bonds. The van der Waals surface area contributed by atoms with Crippen LogP contribution in [0.4, 0.5) is 11.5 Å². The van der Waals surface area contributed by atoms with Gasteiger partial charge in [0.15, 0.2) is 5.65 Å². The minimum atomic E-state index is 0.738. The topological polar surface area (TPSA) is 92.6 Å². The summed E-state index contributed by atoms with van der Waals surface area (Å²) >= 11 is 0. The smallest absolute Gasteiger partial charge is 0.157 e. The average molecular weight is 421 g/mol. The van der Waals surface area contributed by atoms with E-state index < -0.39 is 0 Å². The maximum Gasteiger partial charge on any atom is 0.157 e. The summed E-state index contributed by atoms with van der Waals surface area (Å²) in [5.74, 6) is 0.847. The molecule has 0 aliphatic heterocycles. The molecule has 4 heterocycles. The third-order valence-corrected chi connectivity index (χ3v) is 5.78. The first kappa shape index (κ1) is 18.3. The molecule has 8 heteroatoms. The maximum absolute atomic E-state index is 9.22. The van der Waals surface area contributed by atoms with E-state index in [1.54, 1.807) is 18.6 Å². The van der Waals surface area contributed by atoms with E-state index in [0.29, 0.717) is 0 Å². The number of anilines is 2. The normalized spacial score (nSPS) is 14.2. The number of oxime groups is 1. The van der Waals surface area contributed by atoms with Crippen LogP contribution in [0.3, 0.4) is 0 Å². The Kier molecular flexibility index (Phi) is 4.21. The van der Waals surface area contributed by atoms with Crippen LogP contribution in [-0.2, 0) is 6.42 Å². The molecule has 156 valence electrons. The zero-order chi connectivity index (χ0) is 21.5. The van der Waals surface area contributed by atoms with Crippen LogP contribution in [0, 0.1) is 0 Å². The van der Waals surface area contributed by atoms with E-state index in [0.717, 1.165) is 58.3 Å². The minimum Gasteiger partial charge on any atom is -0.411 e. The Morgan fingerprint density at radius 2 is 1.91 bits per heavy atom. The molecular weight excluding hydrogens is 402 g/mol. The van der Waals surface area contributed by atoms with E-state index in [4.69, 9.17) is 4.98 Å². The van der Waals surface area contributed by atoms with Crippen LogP contribution in [0.1, 0.15) is 17.5 Å². The van der Waals surface area contributed by atoms with Gasteiger partial charge in [0.1, 0.15) is 11.5 Å². The van der Waals surface area contributed by atoms with Crippen LogP contribution in [0.2, 0.25) is 0 Å². The molecule has 0 atom stereocenters. The van der Waals surface area contributed by atoms with Gasteiger partial charge in [0.2, 0.25) is 0 Å². The maximum atomic E-state index is 9.22. The molecule has 2 N–H and O–H groups in total. The second-order valence-electron chi connectivity index (χ2n) is 7.63. The molecule has 1 aliphatic rings. The molecule has 0 bridgehead atoms. The Hall–Kier alpha value is -4.46. The van der Waals surface area contributed by atoms with Crippen LogP contribution in [-0.4, -0.2) is 34.8 Å². The standard InChI is InChI=1S/C24H19N7O/c32-29-20-8-5-16-13-17(6-7-19(16)20)27-24-23(28-22-15-26-10-12-31(22)24)21-4-2-11-30(21)18-3-1-9-25-14-18/h1-4,6-7,9-15,27,32H,5,8H2. The van der Waals surface area contributed by atoms with Gasteiger partial charge in [0.25, 0.3) is 0 Å². The van der Waals surface area contributed by atoms with Crippen molar-refractivity contribution in [3.05, 3.63) is 90.8 Å². The summed E-state index contributed by atoms with van der Waals surface area (Å²) in [4.78, 5) is 13.4. The molecule has 32 heavy (non-hydrogen) atoms. The second-order valence-corrected chi connectivity index (χ2v) is 7.63. The van der Waals surface area contributed by atoms with E-state index >= 15 is 0 Å². The zero-order valence-electron chi connectivity index (χ0n) is 17.1. The number of aryl methyl sites for hydroxylation is 1. The van der Waals surface area contributed by atoms with E-state index in [2.05, 4.69) is 31.1 Å². The Labute approximate surface area is 183 Å². The Balaban J connectivity index is 1.48. The highest BCUT2D eigenvalue weighted by atomic mass is 16.4. The van der Waals surface area contributed by atoms with Crippen LogP contribution in [0.15, 0.2) is 84.8 Å². The fourth-order valence-electron chi connectivity index (χ4n) is 4.29. The molecule has 4 aromatic heterocycles. The third-order valence-electron chi connectivity index (χ3n) is 5.78. The molecule has 5 aromatic rings. The van der Waals surface area contributed by atoms with Gasteiger partial charge in [-0.2, -0.15) is 0 Å². The zero-order valence-corrected chi connectivity index (χ0v) is 17.1. The van der Waals surface area contributed by atoms with Gasteiger partial charge in [-0.05, 0) is 54.8 Å². The molecule has 0 saturated heterocycles. The number of nitrogens with zero attached hydrogens (tertiary/aromatic N) is 6. The van der Waals surface area contributed by atoms with Crippen LogP contribution < -0.4 is 5.32 Å². The van der Waals surface area contributed by atoms with Gasteiger partial charge in [-0.25, -0.2) is 4.98 Å². The molecule has 8 nitrogen and oxygen atoms in total. The highest BCUT2D eigenvalue weighted by Crippen LogP contribution is 2.34. The number of fused-ring (bicyclic) bond motifs is 2. The molecule has 0 spiro atoms. The number of nitrogens with one attached hydrogen (secondary N) is 1. The number of rotatable bonds is 4. The second kappa shape index (κ2) is 7.35. The number of hydrogen-bond donors (Lipinski definition) is 2. The van der Waals surface area contributed by atoms with Gasteiger partial charge < -0.3 is 15.1 Å². The summed E-state index contributed by atoms with van der Waals surface area (Å²) < 4.78 is 4.07. The summed E-state index contributed by atoms with van der Waals surface area (Å²) in [7, 11) is 0. The van der Waals surface area contributed by atoms with Gasteiger partial charge in [-0.1, -0.05) is 11.2 Å².